The van der Waals surface area contributed by atoms with Crippen molar-refractivity contribution in [1.82, 2.24) is 25.2 Å². The number of ether oxygens (including phenoxy) is 2. The molecule has 1 fully saturated rings. The Morgan fingerprint density at radius 2 is 2.00 bits per heavy atom. The summed E-state index contributed by atoms with van der Waals surface area (Å²) in [5, 5.41) is 10.8. The monoisotopic (exact) mass is 345 g/mol. The van der Waals surface area contributed by atoms with Crippen LogP contribution in [0.2, 0.25) is 0 Å². The quantitative estimate of drug-likeness (QED) is 0.894. The number of likely N-dealkylation sites (tertiary alicyclic amines) is 1. The predicted molar refractivity (Wildman–Crippen MR) is 91.6 cm³/mol. The van der Waals surface area contributed by atoms with Crippen LogP contribution < -0.4 is 14.8 Å². The first-order valence-corrected chi connectivity index (χ1v) is 8.30. The largest absolute Gasteiger partial charge is 0.493 e. The number of piperidine rings is 1. The summed E-state index contributed by atoms with van der Waals surface area (Å²) in [4.78, 5) is 14.2. The number of hydrogen-bond acceptors (Lipinski definition) is 5. The fourth-order valence-electron chi connectivity index (χ4n) is 3.03. The van der Waals surface area contributed by atoms with Crippen molar-refractivity contribution in [3.63, 3.8) is 0 Å². The molecule has 0 unspecified atom stereocenters. The number of amides is 2. The van der Waals surface area contributed by atoms with E-state index in [4.69, 9.17) is 9.47 Å². The van der Waals surface area contributed by atoms with Gasteiger partial charge in [-0.3, -0.25) is 0 Å². The van der Waals surface area contributed by atoms with Crippen molar-refractivity contribution in [2.75, 3.05) is 27.3 Å². The highest BCUT2D eigenvalue weighted by Crippen LogP contribution is 2.27. The highest BCUT2D eigenvalue weighted by molar-refractivity contribution is 5.74. The Kier molecular flexibility index (Phi) is 5.37. The average Bonchev–Trinajstić information content (AvgIpc) is 3.20. The Labute approximate surface area is 146 Å². The third-order valence-corrected chi connectivity index (χ3v) is 4.46. The Morgan fingerprint density at radius 3 is 2.64 bits per heavy atom. The Bertz CT molecular complexity index is 696. The van der Waals surface area contributed by atoms with Gasteiger partial charge in [-0.25, -0.2) is 9.48 Å². The molecule has 1 aliphatic heterocycles. The molecular weight excluding hydrogens is 322 g/mol. The van der Waals surface area contributed by atoms with E-state index in [1.807, 2.05) is 34.0 Å². The van der Waals surface area contributed by atoms with Crippen LogP contribution in [0.15, 0.2) is 30.6 Å². The molecule has 0 saturated carbocycles. The number of nitrogens with zero attached hydrogens (tertiary/aromatic N) is 4. The topological polar surface area (TPSA) is 81.5 Å². The molecule has 1 aromatic carbocycles. The maximum atomic E-state index is 12.4. The van der Waals surface area contributed by atoms with Crippen LogP contribution in [0.4, 0.5) is 4.79 Å². The van der Waals surface area contributed by atoms with E-state index in [9.17, 15) is 4.79 Å². The SMILES string of the molecule is COc1ccc(CNC(=O)N2CCC(n3ccnn3)CC2)cc1OC. The summed E-state index contributed by atoms with van der Waals surface area (Å²) in [6.07, 6.45) is 5.32. The smallest absolute Gasteiger partial charge is 0.317 e. The second-order valence-electron chi connectivity index (χ2n) is 5.95. The zero-order valence-corrected chi connectivity index (χ0v) is 14.5. The number of hydrogen-bond donors (Lipinski definition) is 1. The number of methoxy groups -OCH3 is 2. The first-order chi connectivity index (χ1) is 12.2. The molecule has 8 nitrogen and oxygen atoms in total. The molecule has 0 radical (unpaired) electrons. The van der Waals surface area contributed by atoms with E-state index in [1.165, 1.54) is 0 Å². The van der Waals surface area contributed by atoms with E-state index in [0.717, 1.165) is 18.4 Å². The van der Waals surface area contributed by atoms with E-state index >= 15 is 0 Å². The van der Waals surface area contributed by atoms with Gasteiger partial charge in [0, 0.05) is 25.8 Å². The van der Waals surface area contributed by atoms with Crippen LogP contribution in [0.3, 0.4) is 0 Å². The molecule has 1 aliphatic rings. The van der Waals surface area contributed by atoms with Crippen molar-refractivity contribution < 1.29 is 14.3 Å². The molecule has 0 aliphatic carbocycles. The molecule has 1 N–H and O–H groups in total. The fourth-order valence-corrected chi connectivity index (χ4v) is 3.03. The number of carbonyl (C=O) groups is 1. The number of urea groups is 1. The lowest BCUT2D eigenvalue weighted by atomic mass is 10.1. The van der Waals surface area contributed by atoms with Crippen LogP contribution >= 0.6 is 0 Å². The first-order valence-electron chi connectivity index (χ1n) is 8.30. The Morgan fingerprint density at radius 1 is 1.24 bits per heavy atom. The Balaban J connectivity index is 1.50. The maximum absolute atomic E-state index is 12.4. The summed E-state index contributed by atoms with van der Waals surface area (Å²) in [6.45, 7) is 1.87. The summed E-state index contributed by atoms with van der Waals surface area (Å²) in [7, 11) is 3.20. The van der Waals surface area contributed by atoms with Crippen molar-refractivity contribution in [3.8, 4) is 11.5 Å². The number of rotatable bonds is 5. The van der Waals surface area contributed by atoms with E-state index < -0.39 is 0 Å². The standard InChI is InChI=1S/C17H23N5O3/c1-24-15-4-3-13(11-16(15)25-2)12-18-17(23)21-8-5-14(6-9-21)22-10-7-19-20-22/h3-4,7,10-11,14H,5-6,8-9,12H2,1-2H3,(H,18,23). The number of aromatic nitrogens is 3. The molecular formula is C17H23N5O3. The first kappa shape index (κ1) is 17.1. The van der Waals surface area contributed by atoms with Gasteiger partial charge in [0.25, 0.3) is 0 Å². The van der Waals surface area contributed by atoms with E-state index in [0.29, 0.717) is 37.2 Å². The van der Waals surface area contributed by atoms with Crippen molar-refractivity contribution in [1.29, 1.82) is 0 Å². The molecule has 0 spiro atoms. The molecule has 1 aromatic heterocycles. The van der Waals surface area contributed by atoms with E-state index in [1.54, 1.807) is 20.4 Å². The lowest BCUT2D eigenvalue weighted by molar-refractivity contribution is 0.167. The van der Waals surface area contributed by atoms with E-state index in [-0.39, 0.29) is 6.03 Å². The van der Waals surface area contributed by atoms with Gasteiger partial charge in [0.15, 0.2) is 11.5 Å². The highest BCUT2D eigenvalue weighted by Gasteiger charge is 2.24. The summed E-state index contributed by atoms with van der Waals surface area (Å²) < 4.78 is 12.4. The molecule has 1 saturated heterocycles. The van der Waals surface area contributed by atoms with Crippen molar-refractivity contribution in [2.45, 2.75) is 25.4 Å². The number of carbonyl (C=O) groups excluding carboxylic acids is 1. The van der Waals surface area contributed by atoms with Gasteiger partial charge < -0.3 is 19.7 Å². The van der Waals surface area contributed by atoms with Crippen LogP contribution in [-0.4, -0.2) is 53.2 Å². The molecule has 2 aromatic rings. The maximum Gasteiger partial charge on any atom is 0.317 e. The fraction of sp³-hybridized carbons (Fsp3) is 0.471. The highest BCUT2D eigenvalue weighted by atomic mass is 16.5. The summed E-state index contributed by atoms with van der Waals surface area (Å²) in [5.41, 5.74) is 0.962. The van der Waals surface area contributed by atoms with Crippen LogP contribution in [0.1, 0.15) is 24.4 Å². The van der Waals surface area contributed by atoms with Crippen molar-refractivity contribution in [3.05, 3.63) is 36.2 Å². The lowest BCUT2D eigenvalue weighted by Gasteiger charge is -2.31. The van der Waals surface area contributed by atoms with Crippen molar-refractivity contribution >= 4 is 6.03 Å². The summed E-state index contributed by atoms with van der Waals surface area (Å²) in [5.74, 6) is 1.33. The van der Waals surface area contributed by atoms with Gasteiger partial charge in [-0.05, 0) is 30.5 Å². The van der Waals surface area contributed by atoms with Gasteiger partial charge in [0.2, 0.25) is 0 Å². The minimum Gasteiger partial charge on any atom is -0.493 e. The third-order valence-electron chi connectivity index (χ3n) is 4.46. The van der Waals surface area contributed by atoms with Crippen molar-refractivity contribution in [2.24, 2.45) is 0 Å². The molecule has 134 valence electrons. The third kappa shape index (κ3) is 4.01. The van der Waals surface area contributed by atoms with Crippen LogP contribution in [0, 0.1) is 0 Å². The van der Waals surface area contributed by atoms with Crippen LogP contribution in [-0.2, 0) is 6.54 Å². The minimum absolute atomic E-state index is 0.0492. The second-order valence-corrected chi connectivity index (χ2v) is 5.95. The number of benzene rings is 1. The molecule has 0 atom stereocenters. The van der Waals surface area contributed by atoms with Gasteiger partial charge in [-0.15, -0.1) is 5.10 Å². The van der Waals surface area contributed by atoms with Crippen LogP contribution in [0.25, 0.3) is 0 Å². The predicted octanol–water partition coefficient (Wildman–Crippen LogP) is 1.84. The molecule has 0 bridgehead atoms. The number of nitrogens with one attached hydrogen (secondary N) is 1. The Hall–Kier alpha value is -2.77. The normalized spacial score (nSPS) is 15.0. The van der Waals surface area contributed by atoms with Gasteiger partial charge in [0.05, 0.1) is 26.5 Å². The van der Waals surface area contributed by atoms with Crippen LogP contribution in [0.5, 0.6) is 11.5 Å². The average molecular weight is 345 g/mol. The molecule has 8 heteroatoms. The molecule has 3 rings (SSSR count). The second kappa shape index (κ2) is 7.87. The van der Waals surface area contributed by atoms with Gasteiger partial charge in [-0.1, -0.05) is 11.3 Å². The van der Waals surface area contributed by atoms with Gasteiger partial charge in [-0.2, -0.15) is 0 Å². The van der Waals surface area contributed by atoms with E-state index in [2.05, 4.69) is 15.6 Å². The van der Waals surface area contributed by atoms with Gasteiger partial charge >= 0.3 is 6.03 Å². The zero-order chi connectivity index (χ0) is 17.6. The molecule has 2 heterocycles. The molecule has 25 heavy (non-hydrogen) atoms. The summed E-state index contributed by atoms with van der Waals surface area (Å²) >= 11 is 0. The summed E-state index contributed by atoms with van der Waals surface area (Å²) in [6, 6.07) is 5.89. The molecule has 2 amide bonds. The minimum atomic E-state index is -0.0492. The zero-order valence-electron chi connectivity index (χ0n) is 14.5. The lowest BCUT2D eigenvalue weighted by Crippen LogP contribution is -2.44. The van der Waals surface area contributed by atoms with Gasteiger partial charge in [0.1, 0.15) is 0 Å².